The molecule has 0 saturated carbocycles. The molecule has 0 bridgehead atoms. The molecule has 6 heteroatoms. The second-order valence-electron chi connectivity index (χ2n) is 4.60. The van der Waals surface area contributed by atoms with E-state index in [1.165, 1.54) is 6.20 Å². The molecule has 1 atom stereocenters. The monoisotopic (exact) mass is 346 g/mol. The van der Waals surface area contributed by atoms with E-state index >= 15 is 0 Å². The molecule has 1 heterocycles. The van der Waals surface area contributed by atoms with Crippen molar-refractivity contribution in [3.8, 4) is 11.8 Å². The van der Waals surface area contributed by atoms with Gasteiger partial charge in [-0.15, -0.1) is 0 Å². The highest BCUT2D eigenvalue weighted by Crippen LogP contribution is 2.15. The van der Waals surface area contributed by atoms with Crippen LogP contribution in [0.25, 0.3) is 5.69 Å². The molecule has 0 fully saturated rings. The summed E-state index contributed by atoms with van der Waals surface area (Å²) in [7, 11) is 0. The van der Waals surface area contributed by atoms with Gasteiger partial charge in [-0.2, -0.15) is 10.4 Å². The molecule has 5 nitrogen and oxygen atoms in total. The van der Waals surface area contributed by atoms with Gasteiger partial charge in [0, 0.05) is 10.7 Å². The summed E-state index contributed by atoms with van der Waals surface area (Å²) in [6.07, 6.45) is 4.63. The number of benzene rings is 1. The zero-order valence-corrected chi connectivity index (χ0v) is 13.2. The molecule has 0 aliphatic heterocycles. The van der Waals surface area contributed by atoms with Gasteiger partial charge in [-0.3, -0.25) is 4.79 Å². The highest BCUT2D eigenvalue weighted by Gasteiger charge is 2.14. The van der Waals surface area contributed by atoms with Gasteiger partial charge in [0.25, 0.3) is 5.91 Å². The Balaban J connectivity index is 2.13. The van der Waals surface area contributed by atoms with E-state index in [9.17, 15) is 4.79 Å². The van der Waals surface area contributed by atoms with E-state index in [1.807, 2.05) is 31.2 Å². The lowest BCUT2D eigenvalue weighted by molar-refractivity contribution is 0.0944. The van der Waals surface area contributed by atoms with Gasteiger partial charge in [-0.25, -0.2) is 4.68 Å². The molecule has 2 rings (SSSR count). The maximum absolute atomic E-state index is 12.1. The lowest BCUT2D eigenvalue weighted by Crippen LogP contribution is -2.33. The third-order valence-corrected chi connectivity index (χ3v) is 3.45. The number of amides is 1. The number of nitriles is 1. The SMILES string of the molecule is CCC[C@@H](C#N)NC(=O)c1cnn(-c2cccc(Br)c2)c1. The van der Waals surface area contributed by atoms with Crippen molar-refractivity contribution in [1.29, 1.82) is 5.26 Å². The van der Waals surface area contributed by atoms with Gasteiger partial charge < -0.3 is 5.32 Å². The summed E-state index contributed by atoms with van der Waals surface area (Å²) < 4.78 is 2.56. The lowest BCUT2D eigenvalue weighted by atomic mass is 10.2. The van der Waals surface area contributed by atoms with Crippen LogP contribution in [0.4, 0.5) is 0 Å². The molecule has 0 spiro atoms. The molecule has 21 heavy (non-hydrogen) atoms. The molecule has 0 aliphatic rings. The number of nitrogens with zero attached hydrogens (tertiary/aromatic N) is 3. The Kier molecular flexibility index (Phi) is 5.12. The van der Waals surface area contributed by atoms with Crippen molar-refractivity contribution >= 4 is 21.8 Å². The van der Waals surface area contributed by atoms with Crippen molar-refractivity contribution in [3.63, 3.8) is 0 Å². The van der Waals surface area contributed by atoms with Gasteiger partial charge in [0.2, 0.25) is 0 Å². The summed E-state index contributed by atoms with van der Waals surface area (Å²) in [5.41, 5.74) is 1.29. The first-order valence-corrected chi connectivity index (χ1v) is 7.44. The molecule has 1 N–H and O–H groups in total. The molecule has 0 radical (unpaired) electrons. The quantitative estimate of drug-likeness (QED) is 0.904. The number of carbonyl (C=O) groups is 1. The smallest absolute Gasteiger partial charge is 0.255 e. The molecule has 108 valence electrons. The summed E-state index contributed by atoms with van der Waals surface area (Å²) in [4.78, 5) is 12.1. The van der Waals surface area contributed by atoms with Gasteiger partial charge in [0.1, 0.15) is 6.04 Å². The van der Waals surface area contributed by atoms with Crippen molar-refractivity contribution in [2.75, 3.05) is 0 Å². The Morgan fingerprint density at radius 3 is 3.05 bits per heavy atom. The minimum Gasteiger partial charge on any atom is -0.336 e. The number of aromatic nitrogens is 2. The van der Waals surface area contributed by atoms with Crippen molar-refractivity contribution < 1.29 is 4.79 Å². The largest absolute Gasteiger partial charge is 0.336 e. The summed E-state index contributed by atoms with van der Waals surface area (Å²) in [5.74, 6) is -0.281. The van der Waals surface area contributed by atoms with Crippen LogP contribution in [0.1, 0.15) is 30.1 Å². The second-order valence-corrected chi connectivity index (χ2v) is 5.51. The van der Waals surface area contributed by atoms with Gasteiger partial charge in [0.15, 0.2) is 0 Å². The van der Waals surface area contributed by atoms with Gasteiger partial charge in [-0.1, -0.05) is 35.3 Å². The molecular weight excluding hydrogens is 332 g/mol. The fourth-order valence-corrected chi connectivity index (χ4v) is 2.29. The van der Waals surface area contributed by atoms with Crippen molar-refractivity contribution in [1.82, 2.24) is 15.1 Å². The molecule has 0 unspecified atom stereocenters. The van der Waals surface area contributed by atoms with E-state index in [1.54, 1.807) is 10.9 Å². The van der Waals surface area contributed by atoms with E-state index in [4.69, 9.17) is 5.26 Å². The number of hydrogen-bond acceptors (Lipinski definition) is 3. The summed E-state index contributed by atoms with van der Waals surface area (Å²) in [6.45, 7) is 1.97. The number of carbonyl (C=O) groups excluding carboxylic acids is 1. The van der Waals surface area contributed by atoms with Crippen molar-refractivity contribution in [2.45, 2.75) is 25.8 Å². The Morgan fingerprint density at radius 1 is 1.57 bits per heavy atom. The molecular formula is C15H15BrN4O. The van der Waals surface area contributed by atoms with Crippen LogP contribution in [-0.2, 0) is 0 Å². The molecule has 0 aliphatic carbocycles. The Morgan fingerprint density at radius 2 is 2.38 bits per heavy atom. The second kappa shape index (κ2) is 7.04. The number of rotatable bonds is 5. The fourth-order valence-electron chi connectivity index (χ4n) is 1.90. The molecule has 1 aromatic heterocycles. The fraction of sp³-hybridized carbons (Fsp3) is 0.267. The third kappa shape index (κ3) is 3.92. The Labute approximate surface area is 131 Å². The number of hydrogen-bond donors (Lipinski definition) is 1. The zero-order valence-electron chi connectivity index (χ0n) is 11.6. The minimum atomic E-state index is -0.461. The van der Waals surface area contributed by atoms with Gasteiger partial charge >= 0.3 is 0 Å². The average Bonchev–Trinajstić information content (AvgIpc) is 2.96. The van der Waals surface area contributed by atoms with Crippen LogP contribution >= 0.6 is 15.9 Å². The van der Waals surface area contributed by atoms with Crippen LogP contribution in [0.5, 0.6) is 0 Å². The maximum atomic E-state index is 12.1. The van der Waals surface area contributed by atoms with Gasteiger partial charge in [0.05, 0.1) is 23.5 Å². The Bertz CT molecular complexity index is 674. The topological polar surface area (TPSA) is 70.7 Å². The average molecular weight is 347 g/mol. The molecule has 2 aromatic rings. The van der Waals surface area contributed by atoms with E-state index in [0.29, 0.717) is 12.0 Å². The normalized spacial score (nSPS) is 11.7. The van der Waals surface area contributed by atoms with E-state index in [-0.39, 0.29) is 5.91 Å². The summed E-state index contributed by atoms with van der Waals surface area (Å²) >= 11 is 3.40. The molecule has 1 amide bonds. The highest BCUT2D eigenvalue weighted by molar-refractivity contribution is 9.10. The van der Waals surface area contributed by atoms with E-state index in [0.717, 1.165) is 16.6 Å². The van der Waals surface area contributed by atoms with E-state index < -0.39 is 6.04 Å². The first kappa shape index (κ1) is 15.3. The number of halogens is 1. The maximum Gasteiger partial charge on any atom is 0.255 e. The molecule has 1 aromatic carbocycles. The zero-order chi connectivity index (χ0) is 15.2. The van der Waals surface area contributed by atoms with Crippen LogP contribution in [0.2, 0.25) is 0 Å². The van der Waals surface area contributed by atoms with E-state index in [2.05, 4.69) is 32.4 Å². The van der Waals surface area contributed by atoms with Crippen molar-refractivity contribution in [3.05, 3.63) is 46.7 Å². The lowest BCUT2D eigenvalue weighted by Gasteiger charge is -2.08. The predicted molar refractivity (Wildman–Crippen MR) is 83.0 cm³/mol. The Hall–Kier alpha value is -2.13. The first-order chi connectivity index (χ1) is 10.1. The molecule has 0 saturated heterocycles. The summed E-state index contributed by atoms with van der Waals surface area (Å²) in [5, 5.41) is 15.9. The third-order valence-electron chi connectivity index (χ3n) is 2.96. The van der Waals surface area contributed by atoms with Crippen LogP contribution < -0.4 is 5.32 Å². The van der Waals surface area contributed by atoms with Crippen LogP contribution in [0.3, 0.4) is 0 Å². The van der Waals surface area contributed by atoms with Gasteiger partial charge in [-0.05, 0) is 24.6 Å². The summed E-state index contributed by atoms with van der Waals surface area (Å²) in [6, 6.07) is 9.24. The van der Waals surface area contributed by atoms with Crippen LogP contribution in [0, 0.1) is 11.3 Å². The minimum absolute atomic E-state index is 0.281. The van der Waals surface area contributed by atoms with Crippen LogP contribution in [-0.4, -0.2) is 21.7 Å². The first-order valence-electron chi connectivity index (χ1n) is 6.65. The van der Waals surface area contributed by atoms with Crippen molar-refractivity contribution in [2.24, 2.45) is 0 Å². The van der Waals surface area contributed by atoms with Crippen LogP contribution in [0.15, 0.2) is 41.1 Å². The number of nitrogens with one attached hydrogen (secondary N) is 1. The predicted octanol–water partition coefficient (Wildman–Crippen LogP) is 3.06. The standard InChI is InChI=1S/C15H15BrN4O/c1-2-4-13(8-17)19-15(21)11-9-18-20(10-11)14-6-3-5-12(16)7-14/h3,5-7,9-10,13H,2,4H2,1H3,(H,19,21)/t13-/m0/s1. The highest BCUT2D eigenvalue weighted by atomic mass is 79.9.